The molecule has 0 unspecified atom stereocenters. The van der Waals surface area contributed by atoms with Crippen LogP contribution in [0.3, 0.4) is 0 Å². The lowest BCUT2D eigenvalue weighted by atomic mass is 9.93. The van der Waals surface area contributed by atoms with Crippen molar-refractivity contribution in [1.29, 1.82) is 0 Å². The molecule has 0 aliphatic carbocycles. The molecule has 0 radical (unpaired) electrons. The molecule has 0 nitrogen and oxygen atoms in total. The van der Waals surface area contributed by atoms with Crippen LogP contribution in [0, 0.1) is 12.7 Å². The molecule has 0 fully saturated rings. The zero-order valence-corrected chi connectivity index (χ0v) is 11.2. The molecule has 0 aliphatic rings. The highest BCUT2D eigenvalue weighted by molar-refractivity contribution is 6.14. The lowest BCUT2D eigenvalue weighted by molar-refractivity contribution is 0.641. The zero-order chi connectivity index (χ0) is 13.7. The summed E-state index contributed by atoms with van der Waals surface area (Å²) < 4.78 is 14.4. The first kappa shape index (κ1) is 11.4. The second-order valence-corrected chi connectivity index (χ2v) is 5.22. The SMILES string of the molecule is Cc1c2ccccc2cc2c(F)cc3ccccc3c12. The minimum atomic E-state index is -0.146. The number of hydrogen-bond acceptors (Lipinski definition) is 0. The molecule has 0 heterocycles. The molecule has 0 N–H and O–H groups in total. The number of fused-ring (bicyclic) bond motifs is 4. The van der Waals surface area contributed by atoms with E-state index in [0.29, 0.717) is 5.39 Å². The lowest BCUT2D eigenvalue weighted by Gasteiger charge is -2.11. The van der Waals surface area contributed by atoms with Crippen LogP contribution in [0.15, 0.2) is 60.7 Å². The highest BCUT2D eigenvalue weighted by atomic mass is 19.1. The maximum Gasteiger partial charge on any atom is 0.131 e. The van der Waals surface area contributed by atoms with Crippen molar-refractivity contribution >= 4 is 32.3 Å². The van der Waals surface area contributed by atoms with E-state index in [0.717, 1.165) is 27.1 Å². The van der Waals surface area contributed by atoms with E-state index in [1.807, 2.05) is 42.5 Å². The highest BCUT2D eigenvalue weighted by Gasteiger charge is 2.11. The van der Waals surface area contributed by atoms with E-state index in [9.17, 15) is 4.39 Å². The van der Waals surface area contributed by atoms with E-state index in [4.69, 9.17) is 0 Å². The highest BCUT2D eigenvalue weighted by Crippen LogP contribution is 2.34. The predicted molar refractivity (Wildman–Crippen MR) is 83.7 cm³/mol. The minimum Gasteiger partial charge on any atom is -0.206 e. The van der Waals surface area contributed by atoms with Crippen LogP contribution in [-0.4, -0.2) is 0 Å². The summed E-state index contributed by atoms with van der Waals surface area (Å²) in [5.41, 5.74) is 1.15. The number of rotatable bonds is 0. The summed E-state index contributed by atoms with van der Waals surface area (Å²) in [5, 5.41) is 6.09. The molecule has 0 spiro atoms. The van der Waals surface area contributed by atoms with Crippen molar-refractivity contribution in [2.45, 2.75) is 6.92 Å². The van der Waals surface area contributed by atoms with Crippen molar-refractivity contribution in [2.24, 2.45) is 0 Å². The third-order valence-corrected chi connectivity index (χ3v) is 4.08. The van der Waals surface area contributed by atoms with Crippen molar-refractivity contribution in [3.8, 4) is 0 Å². The van der Waals surface area contributed by atoms with Gasteiger partial charge in [0.25, 0.3) is 0 Å². The quantitative estimate of drug-likeness (QED) is 0.285. The fourth-order valence-electron chi connectivity index (χ4n) is 3.13. The van der Waals surface area contributed by atoms with Crippen LogP contribution in [0.2, 0.25) is 0 Å². The molecule has 96 valence electrons. The Kier molecular flexibility index (Phi) is 2.31. The van der Waals surface area contributed by atoms with Gasteiger partial charge in [0, 0.05) is 5.39 Å². The Labute approximate surface area is 116 Å². The van der Waals surface area contributed by atoms with Crippen LogP contribution >= 0.6 is 0 Å². The molecule has 0 saturated carbocycles. The summed E-state index contributed by atoms with van der Waals surface area (Å²) in [5.74, 6) is -0.146. The molecule has 1 heteroatoms. The summed E-state index contributed by atoms with van der Waals surface area (Å²) in [6.45, 7) is 2.08. The third-order valence-electron chi connectivity index (χ3n) is 4.08. The van der Waals surface area contributed by atoms with E-state index in [-0.39, 0.29) is 5.82 Å². The average molecular weight is 260 g/mol. The van der Waals surface area contributed by atoms with E-state index in [1.54, 1.807) is 6.07 Å². The third kappa shape index (κ3) is 1.47. The lowest BCUT2D eigenvalue weighted by Crippen LogP contribution is -1.88. The van der Waals surface area contributed by atoms with Gasteiger partial charge in [0.1, 0.15) is 5.82 Å². The van der Waals surface area contributed by atoms with Gasteiger partial charge in [0.15, 0.2) is 0 Å². The average Bonchev–Trinajstić information content (AvgIpc) is 2.48. The van der Waals surface area contributed by atoms with Gasteiger partial charge in [-0.25, -0.2) is 4.39 Å². The van der Waals surface area contributed by atoms with Crippen molar-refractivity contribution in [1.82, 2.24) is 0 Å². The molecule has 0 bridgehead atoms. The van der Waals surface area contributed by atoms with E-state index < -0.39 is 0 Å². The maximum absolute atomic E-state index is 14.4. The monoisotopic (exact) mass is 260 g/mol. The minimum absolute atomic E-state index is 0.146. The van der Waals surface area contributed by atoms with E-state index in [1.165, 1.54) is 5.39 Å². The molecule has 0 aromatic heterocycles. The van der Waals surface area contributed by atoms with Gasteiger partial charge in [-0.2, -0.15) is 0 Å². The Morgan fingerprint density at radius 1 is 0.700 bits per heavy atom. The van der Waals surface area contributed by atoms with Crippen LogP contribution in [0.1, 0.15) is 5.56 Å². The smallest absolute Gasteiger partial charge is 0.131 e. The summed E-state index contributed by atoms with van der Waals surface area (Å²) in [7, 11) is 0. The Balaban J connectivity index is 2.37. The molecular formula is C19H13F. The molecule has 0 saturated heterocycles. The van der Waals surface area contributed by atoms with Crippen molar-refractivity contribution in [3.05, 3.63) is 72.0 Å². The topological polar surface area (TPSA) is 0 Å². The van der Waals surface area contributed by atoms with Crippen LogP contribution in [0.5, 0.6) is 0 Å². The van der Waals surface area contributed by atoms with Crippen molar-refractivity contribution < 1.29 is 4.39 Å². The van der Waals surface area contributed by atoms with Crippen LogP contribution in [0.4, 0.5) is 4.39 Å². The molecule has 4 aromatic rings. The Hall–Kier alpha value is -2.41. The van der Waals surface area contributed by atoms with Crippen molar-refractivity contribution in [3.63, 3.8) is 0 Å². The molecule has 0 atom stereocenters. The first-order chi connectivity index (χ1) is 9.75. The van der Waals surface area contributed by atoms with Gasteiger partial charge in [-0.3, -0.25) is 0 Å². The first-order valence-corrected chi connectivity index (χ1v) is 6.75. The molecule has 0 aliphatic heterocycles. The fraction of sp³-hybridized carbons (Fsp3) is 0.0526. The Morgan fingerprint density at radius 3 is 2.05 bits per heavy atom. The van der Waals surface area contributed by atoms with Gasteiger partial charge < -0.3 is 0 Å². The molecule has 0 amide bonds. The number of aryl methyl sites for hydroxylation is 1. The van der Waals surface area contributed by atoms with Crippen LogP contribution in [-0.2, 0) is 0 Å². The van der Waals surface area contributed by atoms with Gasteiger partial charge in [0.05, 0.1) is 0 Å². The second-order valence-electron chi connectivity index (χ2n) is 5.22. The number of benzene rings is 4. The van der Waals surface area contributed by atoms with Gasteiger partial charge in [-0.1, -0.05) is 48.5 Å². The van der Waals surface area contributed by atoms with Gasteiger partial charge in [-0.15, -0.1) is 0 Å². The standard InChI is InChI=1S/C19H13F/c1-12-15-8-4-2-6-13(15)10-17-18(20)11-14-7-3-5-9-16(14)19(12)17/h2-11H,1H3. The van der Waals surface area contributed by atoms with Gasteiger partial charge in [-0.05, 0) is 51.6 Å². The van der Waals surface area contributed by atoms with Crippen LogP contribution < -0.4 is 0 Å². The van der Waals surface area contributed by atoms with Gasteiger partial charge in [0.2, 0.25) is 0 Å². The fourth-order valence-corrected chi connectivity index (χ4v) is 3.13. The zero-order valence-electron chi connectivity index (χ0n) is 11.2. The van der Waals surface area contributed by atoms with Crippen molar-refractivity contribution in [2.75, 3.05) is 0 Å². The molecular weight excluding hydrogens is 247 g/mol. The van der Waals surface area contributed by atoms with E-state index >= 15 is 0 Å². The molecule has 4 aromatic carbocycles. The summed E-state index contributed by atoms with van der Waals surface area (Å²) in [6, 6.07) is 19.7. The van der Waals surface area contributed by atoms with Gasteiger partial charge >= 0.3 is 0 Å². The summed E-state index contributed by atoms with van der Waals surface area (Å²) in [6.07, 6.45) is 0. The number of halogens is 1. The Morgan fingerprint density at radius 2 is 1.30 bits per heavy atom. The summed E-state index contributed by atoms with van der Waals surface area (Å²) >= 11 is 0. The Bertz CT molecular complexity index is 961. The van der Waals surface area contributed by atoms with Crippen LogP contribution in [0.25, 0.3) is 32.3 Å². The summed E-state index contributed by atoms with van der Waals surface area (Å²) in [4.78, 5) is 0. The first-order valence-electron chi connectivity index (χ1n) is 6.75. The molecule has 20 heavy (non-hydrogen) atoms. The molecule has 4 rings (SSSR count). The largest absolute Gasteiger partial charge is 0.206 e. The number of hydrogen-bond donors (Lipinski definition) is 0. The maximum atomic E-state index is 14.4. The second kappa shape index (κ2) is 4.04. The predicted octanol–water partition coefficient (Wildman–Crippen LogP) is 5.59. The normalized spacial score (nSPS) is 11.5. The van der Waals surface area contributed by atoms with E-state index in [2.05, 4.69) is 19.1 Å².